The first kappa shape index (κ1) is 28.8. The fourth-order valence-electron chi connectivity index (χ4n) is 4.22. The second-order valence-corrected chi connectivity index (χ2v) is 9.44. The van der Waals surface area contributed by atoms with Crippen molar-refractivity contribution in [1.82, 2.24) is 30.2 Å². The zero-order valence-corrected chi connectivity index (χ0v) is 23.0. The molecule has 2 aromatic heterocycles. The summed E-state index contributed by atoms with van der Waals surface area (Å²) in [6, 6.07) is 8.68. The molecule has 1 aliphatic heterocycles. The first-order valence-corrected chi connectivity index (χ1v) is 13.3. The molecule has 5 N–H and O–H groups in total. The Bertz CT molecular complexity index is 1300. The van der Waals surface area contributed by atoms with E-state index in [1.165, 1.54) is 12.3 Å². The monoisotopic (exact) mass is 568 g/mol. The van der Waals surface area contributed by atoms with Crippen LogP contribution in [0.2, 0.25) is 5.02 Å². The molecular formula is C26H33ClN10O3. The molecule has 40 heavy (non-hydrogen) atoms. The number of halogens is 1. The number of rotatable bonds is 13. The average Bonchev–Trinajstić information content (AvgIpc) is 2.98. The number of hydrogen-bond acceptors (Lipinski definition) is 11. The molecule has 4 rings (SSSR count). The van der Waals surface area contributed by atoms with E-state index in [-0.39, 0.29) is 23.2 Å². The van der Waals surface area contributed by atoms with Crippen LogP contribution < -0.4 is 31.3 Å². The molecule has 14 heteroatoms. The molecule has 0 atom stereocenters. The van der Waals surface area contributed by atoms with Gasteiger partial charge in [0, 0.05) is 63.2 Å². The van der Waals surface area contributed by atoms with Crippen LogP contribution in [0.15, 0.2) is 42.7 Å². The second kappa shape index (κ2) is 14.2. The third-order valence-electron chi connectivity index (χ3n) is 6.28. The molecule has 0 spiro atoms. The van der Waals surface area contributed by atoms with Crippen molar-refractivity contribution in [2.45, 2.75) is 6.42 Å². The summed E-state index contributed by atoms with van der Waals surface area (Å²) in [5.41, 5.74) is 6.62. The largest absolute Gasteiger partial charge is 0.495 e. The van der Waals surface area contributed by atoms with Crippen LogP contribution in [-0.4, -0.2) is 96.1 Å². The predicted octanol–water partition coefficient (Wildman–Crippen LogP) is 1.49. The Morgan fingerprint density at radius 3 is 2.33 bits per heavy atom. The van der Waals surface area contributed by atoms with Gasteiger partial charge >= 0.3 is 0 Å². The Morgan fingerprint density at radius 2 is 1.62 bits per heavy atom. The lowest BCUT2D eigenvalue weighted by Crippen LogP contribution is -2.47. The highest BCUT2D eigenvalue weighted by atomic mass is 35.5. The van der Waals surface area contributed by atoms with E-state index in [1.807, 2.05) is 18.2 Å². The predicted molar refractivity (Wildman–Crippen MR) is 153 cm³/mol. The van der Waals surface area contributed by atoms with E-state index >= 15 is 0 Å². The van der Waals surface area contributed by atoms with Crippen molar-refractivity contribution < 1.29 is 14.3 Å². The number of ether oxygens (including phenoxy) is 1. The highest BCUT2D eigenvalue weighted by molar-refractivity contribution is 6.30. The van der Waals surface area contributed by atoms with Crippen molar-refractivity contribution in [2.75, 3.05) is 75.0 Å². The summed E-state index contributed by atoms with van der Waals surface area (Å²) in [5.74, 6) is 0.522. The zero-order chi connectivity index (χ0) is 28.3. The third-order valence-corrected chi connectivity index (χ3v) is 6.51. The van der Waals surface area contributed by atoms with E-state index in [9.17, 15) is 9.59 Å². The van der Waals surface area contributed by atoms with Crippen molar-refractivity contribution in [3.05, 3.63) is 59.1 Å². The van der Waals surface area contributed by atoms with Crippen molar-refractivity contribution in [1.29, 1.82) is 0 Å². The summed E-state index contributed by atoms with van der Waals surface area (Å²) >= 11 is 6.20. The number of nitrogens with zero attached hydrogens (tertiary/aromatic N) is 6. The van der Waals surface area contributed by atoms with E-state index in [1.54, 1.807) is 19.4 Å². The molecule has 0 unspecified atom stereocenters. The summed E-state index contributed by atoms with van der Waals surface area (Å²) in [6.07, 6.45) is 3.89. The Balaban J connectivity index is 1.14. The molecule has 3 heterocycles. The van der Waals surface area contributed by atoms with Gasteiger partial charge in [-0.05, 0) is 43.3 Å². The van der Waals surface area contributed by atoms with Crippen LogP contribution in [0.25, 0.3) is 0 Å². The number of primary amides is 1. The van der Waals surface area contributed by atoms with Crippen molar-refractivity contribution in [2.24, 2.45) is 5.73 Å². The molecule has 212 valence electrons. The van der Waals surface area contributed by atoms with Gasteiger partial charge in [0.05, 0.1) is 12.8 Å². The Morgan fingerprint density at radius 1 is 0.950 bits per heavy atom. The number of carbonyl (C=O) groups is 2. The molecule has 1 fully saturated rings. The molecule has 2 amide bonds. The Kier molecular flexibility index (Phi) is 10.2. The van der Waals surface area contributed by atoms with E-state index < -0.39 is 5.91 Å². The number of nitrogens with two attached hydrogens (primary N) is 1. The minimum Gasteiger partial charge on any atom is -0.495 e. The van der Waals surface area contributed by atoms with Crippen LogP contribution in [-0.2, 0) is 0 Å². The van der Waals surface area contributed by atoms with Gasteiger partial charge in [0.15, 0.2) is 0 Å². The van der Waals surface area contributed by atoms with Crippen LogP contribution in [0.4, 0.5) is 17.6 Å². The maximum atomic E-state index is 12.5. The second-order valence-electron chi connectivity index (χ2n) is 9.00. The SMILES string of the molecule is COc1ccc(Cl)cc1N1CCN(CCCNc2nccc(C(=O)NCCNc3nccc(C(N)=O)n3)n2)CC1. The van der Waals surface area contributed by atoms with Crippen LogP contribution in [0, 0.1) is 0 Å². The van der Waals surface area contributed by atoms with Gasteiger partial charge in [0.1, 0.15) is 17.1 Å². The van der Waals surface area contributed by atoms with Crippen LogP contribution in [0.3, 0.4) is 0 Å². The molecular weight excluding hydrogens is 536 g/mol. The van der Waals surface area contributed by atoms with Gasteiger partial charge in [0.2, 0.25) is 11.9 Å². The van der Waals surface area contributed by atoms with Gasteiger partial charge in [0.25, 0.3) is 11.8 Å². The van der Waals surface area contributed by atoms with Crippen molar-refractivity contribution >= 4 is 41.0 Å². The van der Waals surface area contributed by atoms with E-state index in [2.05, 4.69) is 45.7 Å². The zero-order valence-electron chi connectivity index (χ0n) is 22.3. The lowest BCUT2D eigenvalue weighted by atomic mass is 10.2. The lowest BCUT2D eigenvalue weighted by Gasteiger charge is -2.36. The van der Waals surface area contributed by atoms with E-state index in [0.29, 0.717) is 30.6 Å². The topological polar surface area (TPSA) is 164 Å². The van der Waals surface area contributed by atoms with Crippen LogP contribution in [0.5, 0.6) is 5.75 Å². The van der Waals surface area contributed by atoms with Gasteiger partial charge in [-0.15, -0.1) is 0 Å². The molecule has 1 aliphatic rings. The molecule has 1 aromatic carbocycles. The fourth-order valence-corrected chi connectivity index (χ4v) is 4.38. The quantitative estimate of drug-likeness (QED) is 0.221. The van der Waals surface area contributed by atoms with Gasteiger partial charge in [-0.2, -0.15) is 0 Å². The van der Waals surface area contributed by atoms with Gasteiger partial charge < -0.3 is 31.3 Å². The van der Waals surface area contributed by atoms with Crippen molar-refractivity contribution in [3.8, 4) is 5.75 Å². The number of nitrogens with one attached hydrogen (secondary N) is 3. The number of methoxy groups -OCH3 is 1. The summed E-state index contributed by atoms with van der Waals surface area (Å²) < 4.78 is 5.50. The number of carbonyl (C=O) groups excluding carboxylic acids is 2. The summed E-state index contributed by atoms with van der Waals surface area (Å²) in [5, 5.41) is 9.61. The number of anilines is 3. The van der Waals surface area contributed by atoms with Crippen LogP contribution >= 0.6 is 11.6 Å². The molecule has 3 aromatic rings. The van der Waals surface area contributed by atoms with Gasteiger partial charge in [-0.3, -0.25) is 14.5 Å². The molecule has 0 aliphatic carbocycles. The summed E-state index contributed by atoms with van der Waals surface area (Å²) in [4.78, 5) is 45.0. The lowest BCUT2D eigenvalue weighted by molar-refractivity contribution is 0.0949. The maximum Gasteiger partial charge on any atom is 0.270 e. The highest BCUT2D eigenvalue weighted by Gasteiger charge is 2.20. The summed E-state index contributed by atoms with van der Waals surface area (Å²) in [6.45, 7) is 5.95. The van der Waals surface area contributed by atoms with E-state index in [0.717, 1.165) is 50.6 Å². The van der Waals surface area contributed by atoms with Crippen LogP contribution in [0.1, 0.15) is 27.4 Å². The molecule has 1 saturated heterocycles. The average molecular weight is 569 g/mol. The Labute approximate surface area is 237 Å². The number of aromatic nitrogens is 4. The summed E-state index contributed by atoms with van der Waals surface area (Å²) in [7, 11) is 1.67. The molecule has 13 nitrogen and oxygen atoms in total. The molecule has 0 radical (unpaired) electrons. The molecule has 0 saturated carbocycles. The van der Waals surface area contributed by atoms with E-state index in [4.69, 9.17) is 22.1 Å². The minimum atomic E-state index is -0.638. The maximum absolute atomic E-state index is 12.5. The highest BCUT2D eigenvalue weighted by Crippen LogP contribution is 2.31. The normalized spacial score (nSPS) is 13.5. The number of amides is 2. The number of piperazine rings is 1. The fraction of sp³-hybridized carbons (Fsp3) is 0.385. The number of benzene rings is 1. The standard InChI is InChI=1S/C26H33ClN10O3/c1-40-22-4-3-18(27)17-21(22)37-15-13-36(14-16-37)12-2-7-30-25-32-9-6-20(35-25)24(39)29-10-11-33-26-31-8-5-19(34-26)23(28)38/h3-6,8-9,17H,2,7,10-16H2,1H3,(H2,28,38)(H,29,39)(H,30,32,35)(H,31,33,34). The number of hydrogen-bond donors (Lipinski definition) is 4. The van der Waals surface area contributed by atoms with Gasteiger partial charge in [-0.1, -0.05) is 11.6 Å². The third kappa shape index (κ3) is 8.13. The first-order chi connectivity index (χ1) is 19.4. The first-order valence-electron chi connectivity index (χ1n) is 13.0. The van der Waals surface area contributed by atoms with Crippen molar-refractivity contribution in [3.63, 3.8) is 0 Å². The Hall–Kier alpha value is -4.23. The smallest absolute Gasteiger partial charge is 0.270 e. The molecule has 0 bridgehead atoms. The minimum absolute atomic E-state index is 0.111. The van der Waals surface area contributed by atoms with Gasteiger partial charge in [-0.25, -0.2) is 19.9 Å².